The van der Waals surface area contributed by atoms with Crippen LogP contribution in [0.5, 0.6) is 0 Å². The molecule has 4 aromatic carbocycles. The van der Waals surface area contributed by atoms with Gasteiger partial charge in [-0.25, -0.2) is 15.0 Å². The molecule has 5 heteroatoms. The van der Waals surface area contributed by atoms with Crippen LogP contribution in [0.15, 0.2) is 97.2 Å². The molecule has 0 atom stereocenters. The van der Waals surface area contributed by atoms with Crippen molar-refractivity contribution < 1.29 is 20.1 Å². The molecule has 1 aliphatic carbocycles. The van der Waals surface area contributed by atoms with Gasteiger partial charge in [0, 0.05) is 48.4 Å². The molecule has 0 amide bonds. The van der Waals surface area contributed by atoms with Crippen molar-refractivity contribution in [2.75, 3.05) is 0 Å². The van der Waals surface area contributed by atoms with E-state index in [1.807, 2.05) is 6.20 Å². The zero-order valence-corrected chi connectivity index (χ0v) is 44.3. The van der Waals surface area contributed by atoms with E-state index in [1.165, 1.54) is 136 Å². The van der Waals surface area contributed by atoms with Gasteiger partial charge in [0.2, 0.25) is 0 Å². The number of aryl methyl sites for hydroxylation is 1. The molecule has 4 nitrogen and oxygen atoms in total. The first-order valence-electron chi connectivity index (χ1n) is 25.5. The SMILES string of the molecule is CCCCCCCCC1(CCCCCCCC)c2cc(-c3ccc(-c4nc(-c5ccc(C(C)(C)C)cc5)nc(-c5ccc(C(C)(C)C)cc5)n4)cn3)[c-]cc2-c2ccc(CCCC)cc21.[Ir]. The van der Waals surface area contributed by atoms with Crippen LogP contribution in [0.3, 0.4) is 0 Å². The molecule has 66 heavy (non-hydrogen) atoms. The van der Waals surface area contributed by atoms with E-state index in [9.17, 15) is 0 Å². The molecule has 0 aliphatic heterocycles. The number of benzene rings is 4. The fourth-order valence-corrected chi connectivity index (χ4v) is 9.93. The Hall–Kier alpha value is -4.31. The van der Waals surface area contributed by atoms with E-state index in [0.29, 0.717) is 17.5 Å². The maximum atomic E-state index is 5.15. The molecule has 0 bridgehead atoms. The first-order valence-corrected chi connectivity index (χ1v) is 25.5. The topological polar surface area (TPSA) is 51.6 Å². The molecule has 0 fully saturated rings. The van der Waals surface area contributed by atoms with Gasteiger partial charge in [0.25, 0.3) is 0 Å². The summed E-state index contributed by atoms with van der Waals surface area (Å²) in [5.41, 5.74) is 14.8. The van der Waals surface area contributed by atoms with Gasteiger partial charge in [-0.1, -0.05) is 236 Å². The van der Waals surface area contributed by atoms with Crippen molar-refractivity contribution >= 4 is 0 Å². The maximum absolute atomic E-state index is 5.15. The van der Waals surface area contributed by atoms with Crippen molar-refractivity contribution in [1.29, 1.82) is 0 Å². The summed E-state index contributed by atoms with van der Waals surface area (Å²) >= 11 is 0. The van der Waals surface area contributed by atoms with Crippen molar-refractivity contribution in [3.63, 3.8) is 0 Å². The third kappa shape index (κ3) is 12.2. The van der Waals surface area contributed by atoms with Crippen LogP contribution in [0.25, 0.3) is 56.5 Å². The number of hydrogen-bond acceptors (Lipinski definition) is 4. The third-order valence-corrected chi connectivity index (χ3v) is 14.0. The summed E-state index contributed by atoms with van der Waals surface area (Å²) in [6, 6.07) is 37.6. The molecule has 0 spiro atoms. The normalized spacial score (nSPS) is 13.0. The molecule has 6 aromatic rings. The Morgan fingerprint density at radius 2 is 0.955 bits per heavy atom. The number of rotatable bonds is 21. The van der Waals surface area contributed by atoms with Gasteiger partial charge in [0.05, 0.1) is 0 Å². The minimum atomic E-state index is 0. The van der Waals surface area contributed by atoms with Gasteiger partial charge < -0.3 is 4.98 Å². The second kappa shape index (κ2) is 23.1. The zero-order valence-electron chi connectivity index (χ0n) is 41.9. The van der Waals surface area contributed by atoms with Crippen molar-refractivity contribution in [2.24, 2.45) is 0 Å². The largest absolute Gasteiger partial charge is 0.304 e. The number of hydrogen-bond donors (Lipinski definition) is 0. The summed E-state index contributed by atoms with van der Waals surface area (Å²) in [5.74, 6) is 1.93. The first kappa shape index (κ1) is 51.1. The van der Waals surface area contributed by atoms with Gasteiger partial charge in [-0.2, -0.15) is 0 Å². The number of fused-ring (bicyclic) bond motifs is 3. The molecule has 0 unspecified atom stereocenters. The molecule has 0 N–H and O–H groups in total. The Morgan fingerprint density at radius 1 is 0.485 bits per heavy atom. The average molecular weight is 1060 g/mol. The molecule has 0 saturated carbocycles. The first-order chi connectivity index (χ1) is 31.3. The van der Waals surface area contributed by atoms with Crippen molar-refractivity contribution in [1.82, 2.24) is 19.9 Å². The number of nitrogens with zero attached hydrogens (tertiary/aromatic N) is 4. The molecule has 0 saturated heterocycles. The third-order valence-electron chi connectivity index (χ3n) is 14.0. The second-order valence-electron chi connectivity index (χ2n) is 21.2. The maximum Gasteiger partial charge on any atom is 0.165 e. The van der Waals surface area contributed by atoms with Gasteiger partial charge in [-0.15, -0.1) is 29.3 Å². The van der Waals surface area contributed by atoms with E-state index in [0.717, 1.165) is 34.4 Å². The Balaban J connectivity index is 0.00000720. The molecule has 1 radical (unpaired) electrons. The van der Waals surface area contributed by atoms with E-state index in [4.69, 9.17) is 19.9 Å². The van der Waals surface area contributed by atoms with Gasteiger partial charge in [0.1, 0.15) is 0 Å². The molecule has 1 aliphatic rings. The summed E-state index contributed by atoms with van der Waals surface area (Å²) in [7, 11) is 0. The smallest absolute Gasteiger partial charge is 0.165 e. The summed E-state index contributed by atoms with van der Waals surface area (Å²) < 4.78 is 0. The molecule has 2 heterocycles. The van der Waals surface area contributed by atoms with E-state index in [1.54, 1.807) is 5.56 Å². The van der Waals surface area contributed by atoms with Crippen LogP contribution in [0.1, 0.15) is 193 Å². The van der Waals surface area contributed by atoms with Crippen LogP contribution < -0.4 is 0 Å². The van der Waals surface area contributed by atoms with Crippen molar-refractivity contribution in [3.05, 3.63) is 131 Å². The molecule has 2 aromatic heterocycles. The monoisotopic (exact) mass is 1060 g/mol. The van der Waals surface area contributed by atoms with E-state index < -0.39 is 0 Å². The molecule has 7 rings (SSSR count). The van der Waals surface area contributed by atoms with E-state index in [-0.39, 0.29) is 36.4 Å². The Morgan fingerprint density at radius 3 is 1.44 bits per heavy atom. The summed E-state index contributed by atoms with van der Waals surface area (Å²) in [6.07, 6.45) is 23.7. The van der Waals surface area contributed by atoms with Crippen LogP contribution in [0.4, 0.5) is 0 Å². The van der Waals surface area contributed by atoms with Crippen molar-refractivity contribution in [3.8, 4) is 56.5 Å². The fraction of sp³-hybridized carbons (Fsp3) is 0.475. The average Bonchev–Trinajstić information content (AvgIpc) is 3.57. The number of aromatic nitrogens is 4. The van der Waals surface area contributed by atoms with Crippen LogP contribution in [0.2, 0.25) is 0 Å². The molecular weight excluding hydrogens is 981 g/mol. The van der Waals surface area contributed by atoms with Gasteiger partial charge in [0.15, 0.2) is 17.5 Å². The Kier molecular flexibility index (Phi) is 17.9. The van der Waals surface area contributed by atoms with Crippen molar-refractivity contribution in [2.45, 2.75) is 188 Å². The second-order valence-corrected chi connectivity index (χ2v) is 21.2. The Labute approximate surface area is 413 Å². The fourth-order valence-electron chi connectivity index (χ4n) is 9.93. The predicted octanol–water partition coefficient (Wildman–Crippen LogP) is 17.4. The summed E-state index contributed by atoms with van der Waals surface area (Å²) in [6.45, 7) is 20.4. The zero-order chi connectivity index (χ0) is 46.0. The van der Waals surface area contributed by atoms with E-state index in [2.05, 4.69) is 159 Å². The van der Waals surface area contributed by atoms with Crippen LogP contribution in [-0.4, -0.2) is 19.9 Å². The number of unbranched alkanes of at least 4 members (excludes halogenated alkanes) is 11. The van der Waals surface area contributed by atoms with Gasteiger partial charge in [-0.05, 0) is 64.5 Å². The predicted molar refractivity (Wildman–Crippen MR) is 276 cm³/mol. The van der Waals surface area contributed by atoms with Gasteiger partial charge >= 0.3 is 0 Å². The quantitative estimate of drug-likeness (QED) is 0.0532. The Bertz CT molecular complexity index is 2360. The van der Waals surface area contributed by atoms with Gasteiger partial charge in [-0.3, -0.25) is 0 Å². The summed E-state index contributed by atoms with van der Waals surface area (Å²) in [4.78, 5) is 20.4. The number of pyridine rings is 1. The molecular formula is C61H77IrN4-. The van der Waals surface area contributed by atoms with Crippen LogP contribution >= 0.6 is 0 Å². The summed E-state index contributed by atoms with van der Waals surface area (Å²) in [5, 5.41) is 0. The van der Waals surface area contributed by atoms with E-state index >= 15 is 0 Å². The van der Waals surface area contributed by atoms with Crippen LogP contribution in [-0.2, 0) is 42.8 Å². The van der Waals surface area contributed by atoms with Crippen LogP contribution in [0, 0.1) is 6.07 Å². The molecule has 351 valence electrons. The minimum absolute atomic E-state index is 0. The standard InChI is InChI=1S/C61H77N4.Ir/c1-10-13-16-18-20-22-39-61(40-23-21-19-17-14-11-2)53-41-44(24-15-12-3)25-36-51(53)52-37-30-47(42-54(52)61)55-38-31-48(43-62-55)58-64-56(45-26-32-49(33-27-45)59(4,5)6)63-57(65-58)46-28-34-50(35-29-46)60(7,8)9;/h25-29,31-38,41-43H,10-24,39-40H2,1-9H3;/q-1;. The minimum Gasteiger partial charge on any atom is -0.304 e.